The Kier molecular flexibility index (Phi) is 3.98. The number of primary amides is 1. The van der Waals surface area contributed by atoms with E-state index in [-0.39, 0.29) is 0 Å². The van der Waals surface area contributed by atoms with Gasteiger partial charge in [0.1, 0.15) is 12.4 Å². The van der Waals surface area contributed by atoms with Crippen LogP contribution >= 0.6 is 0 Å². The van der Waals surface area contributed by atoms with Crippen molar-refractivity contribution in [2.24, 2.45) is 5.73 Å². The van der Waals surface area contributed by atoms with Crippen molar-refractivity contribution in [1.29, 1.82) is 0 Å². The van der Waals surface area contributed by atoms with Crippen molar-refractivity contribution in [3.63, 3.8) is 0 Å². The maximum Gasteiger partial charge on any atom is 0.252 e. The topological polar surface area (TPSA) is 64.4 Å². The molecule has 0 spiro atoms. The largest absolute Gasteiger partial charge is 0.491 e. The highest BCUT2D eigenvalue weighted by atomic mass is 16.5. The van der Waals surface area contributed by atoms with Gasteiger partial charge >= 0.3 is 0 Å². The summed E-state index contributed by atoms with van der Waals surface area (Å²) in [5, 5.41) is 3.40. The monoisotopic (exact) mass is 234 g/mol. The van der Waals surface area contributed by atoms with E-state index in [2.05, 4.69) is 5.32 Å². The minimum absolute atomic E-state index is 0.379. The molecule has 17 heavy (non-hydrogen) atoms. The van der Waals surface area contributed by atoms with E-state index >= 15 is 0 Å². The van der Waals surface area contributed by atoms with Crippen molar-refractivity contribution >= 4 is 5.91 Å². The first-order valence-electron chi connectivity index (χ1n) is 6.02. The van der Waals surface area contributed by atoms with Crippen molar-refractivity contribution in [1.82, 2.24) is 5.32 Å². The Morgan fingerprint density at radius 2 is 2.24 bits per heavy atom. The predicted molar refractivity (Wildman–Crippen MR) is 66.1 cm³/mol. The summed E-state index contributed by atoms with van der Waals surface area (Å²) in [6.45, 7) is 1.63. The quantitative estimate of drug-likeness (QED) is 0.825. The number of nitrogens with two attached hydrogens (primary N) is 1. The average molecular weight is 234 g/mol. The number of rotatable bonds is 4. The molecule has 1 aromatic carbocycles. The van der Waals surface area contributed by atoms with E-state index in [0.717, 1.165) is 13.0 Å². The van der Waals surface area contributed by atoms with Crippen molar-refractivity contribution in [2.45, 2.75) is 25.3 Å². The molecule has 2 rings (SSSR count). The number of hydrogen-bond acceptors (Lipinski definition) is 3. The molecule has 1 atom stereocenters. The highest BCUT2D eigenvalue weighted by Gasteiger charge is 2.14. The van der Waals surface area contributed by atoms with E-state index in [1.807, 2.05) is 6.07 Å². The highest BCUT2D eigenvalue weighted by molar-refractivity contribution is 5.95. The summed E-state index contributed by atoms with van der Waals surface area (Å²) in [4.78, 5) is 11.2. The van der Waals surface area contributed by atoms with Gasteiger partial charge in [-0.1, -0.05) is 18.6 Å². The van der Waals surface area contributed by atoms with Gasteiger partial charge in [0.25, 0.3) is 5.91 Å². The summed E-state index contributed by atoms with van der Waals surface area (Å²) in [5.74, 6) is 0.129. The molecular weight excluding hydrogens is 216 g/mol. The fourth-order valence-electron chi connectivity index (χ4n) is 2.05. The van der Waals surface area contributed by atoms with Gasteiger partial charge in [-0.2, -0.15) is 0 Å². The summed E-state index contributed by atoms with van der Waals surface area (Å²) in [7, 11) is 0. The van der Waals surface area contributed by atoms with E-state index in [1.165, 1.54) is 12.8 Å². The molecule has 92 valence electrons. The lowest BCUT2D eigenvalue weighted by molar-refractivity contribution is 0.0995. The third-order valence-corrected chi connectivity index (χ3v) is 3.00. The molecule has 0 aromatic heterocycles. The van der Waals surface area contributed by atoms with Crippen molar-refractivity contribution in [2.75, 3.05) is 13.2 Å². The second kappa shape index (κ2) is 5.68. The van der Waals surface area contributed by atoms with Crippen LogP contribution in [0.15, 0.2) is 24.3 Å². The minimum atomic E-state index is -0.447. The molecule has 0 aliphatic carbocycles. The maximum absolute atomic E-state index is 11.2. The first kappa shape index (κ1) is 11.9. The lowest BCUT2D eigenvalue weighted by Gasteiger charge is -2.23. The van der Waals surface area contributed by atoms with Crippen LogP contribution in [0.4, 0.5) is 0 Å². The van der Waals surface area contributed by atoms with Crippen LogP contribution in [-0.4, -0.2) is 25.1 Å². The molecule has 4 nitrogen and oxygen atoms in total. The van der Waals surface area contributed by atoms with Crippen molar-refractivity contribution in [3.05, 3.63) is 29.8 Å². The van der Waals surface area contributed by atoms with Gasteiger partial charge in [0.2, 0.25) is 0 Å². The van der Waals surface area contributed by atoms with Gasteiger partial charge in [-0.15, -0.1) is 0 Å². The Bertz CT molecular complexity index is 387. The first-order chi connectivity index (χ1) is 8.27. The van der Waals surface area contributed by atoms with Crippen LogP contribution in [0.25, 0.3) is 0 Å². The predicted octanol–water partition coefficient (Wildman–Crippen LogP) is 1.31. The Morgan fingerprint density at radius 1 is 1.41 bits per heavy atom. The molecule has 1 fully saturated rings. The number of ether oxygens (including phenoxy) is 1. The Labute approximate surface area is 101 Å². The molecule has 1 unspecified atom stereocenters. The minimum Gasteiger partial charge on any atom is -0.491 e. The van der Waals surface area contributed by atoms with E-state index in [4.69, 9.17) is 10.5 Å². The van der Waals surface area contributed by atoms with E-state index in [9.17, 15) is 4.79 Å². The molecule has 0 bridgehead atoms. The van der Waals surface area contributed by atoms with Crippen LogP contribution in [0.1, 0.15) is 29.6 Å². The Hall–Kier alpha value is -1.55. The molecule has 4 heteroatoms. The fourth-order valence-corrected chi connectivity index (χ4v) is 2.05. The van der Waals surface area contributed by atoms with E-state index in [1.54, 1.807) is 18.2 Å². The molecular formula is C13H18N2O2. The molecule has 1 aliphatic rings. The second-order valence-electron chi connectivity index (χ2n) is 4.32. The molecule has 0 saturated carbocycles. The zero-order valence-electron chi connectivity index (χ0n) is 9.82. The van der Waals surface area contributed by atoms with E-state index in [0.29, 0.717) is 24.0 Å². The molecule has 1 saturated heterocycles. The number of amides is 1. The molecule has 1 aliphatic heterocycles. The molecule has 3 N–H and O–H groups in total. The maximum atomic E-state index is 11.2. The second-order valence-corrected chi connectivity index (χ2v) is 4.32. The van der Waals surface area contributed by atoms with Crippen LogP contribution < -0.4 is 15.8 Å². The highest BCUT2D eigenvalue weighted by Crippen LogP contribution is 2.18. The third-order valence-electron chi connectivity index (χ3n) is 3.00. The normalized spacial score (nSPS) is 19.9. The van der Waals surface area contributed by atoms with Gasteiger partial charge in [-0.05, 0) is 31.5 Å². The van der Waals surface area contributed by atoms with Crippen LogP contribution in [0, 0.1) is 0 Å². The number of carbonyl (C=O) groups is 1. The SMILES string of the molecule is NC(=O)c1ccccc1OCC1CCCCN1. The van der Waals surface area contributed by atoms with Gasteiger partial charge in [-0.3, -0.25) is 4.79 Å². The van der Waals surface area contributed by atoms with Crippen LogP contribution in [0.3, 0.4) is 0 Å². The summed E-state index contributed by atoms with van der Waals surface area (Å²) >= 11 is 0. The Balaban J connectivity index is 1.96. The van der Waals surface area contributed by atoms with Crippen molar-refractivity contribution in [3.8, 4) is 5.75 Å². The fraction of sp³-hybridized carbons (Fsp3) is 0.462. The summed E-state index contributed by atoms with van der Waals surface area (Å²) in [5.41, 5.74) is 5.74. The van der Waals surface area contributed by atoms with Gasteiger partial charge in [0.05, 0.1) is 5.56 Å². The molecule has 0 radical (unpaired) electrons. The smallest absolute Gasteiger partial charge is 0.252 e. The molecule has 1 amide bonds. The lowest BCUT2D eigenvalue weighted by atomic mass is 10.1. The van der Waals surface area contributed by atoms with Crippen molar-refractivity contribution < 1.29 is 9.53 Å². The number of piperidine rings is 1. The van der Waals surface area contributed by atoms with Gasteiger partial charge in [-0.25, -0.2) is 0 Å². The number of nitrogens with one attached hydrogen (secondary N) is 1. The standard InChI is InChI=1S/C13H18N2O2/c14-13(16)11-6-1-2-7-12(11)17-9-10-5-3-4-8-15-10/h1-2,6-7,10,15H,3-5,8-9H2,(H2,14,16). The van der Waals surface area contributed by atoms with Crippen LogP contribution in [-0.2, 0) is 0 Å². The third kappa shape index (κ3) is 3.20. The summed E-state index contributed by atoms with van der Waals surface area (Å²) in [6, 6.07) is 7.47. The molecule has 1 heterocycles. The van der Waals surface area contributed by atoms with Crippen LogP contribution in [0.2, 0.25) is 0 Å². The summed E-state index contributed by atoms with van der Waals surface area (Å²) < 4.78 is 5.67. The Morgan fingerprint density at radius 3 is 2.94 bits per heavy atom. The lowest BCUT2D eigenvalue weighted by Crippen LogP contribution is -2.38. The number of para-hydroxylation sites is 1. The number of carbonyl (C=O) groups excluding carboxylic acids is 1. The van der Waals surface area contributed by atoms with Gasteiger partial charge < -0.3 is 15.8 Å². The zero-order chi connectivity index (χ0) is 12.1. The summed E-state index contributed by atoms with van der Waals surface area (Å²) in [6.07, 6.45) is 3.59. The van der Waals surface area contributed by atoms with Crippen LogP contribution in [0.5, 0.6) is 5.75 Å². The number of benzene rings is 1. The average Bonchev–Trinajstić information content (AvgIpc) is 2.38. The zero-order valence-corrected chi connectivity index (χ0v) is 9.82. The van der Waals surface area contributed by atoms with Gasteiger partial charge in [0.15, 0.2) is 0 Å². The molecule has 1 aromatic rings. The van der Waals surface area contributed by atoms with Gasteiger partial charge in [0, 0.05) is 6.04 Å². The first-order valence-corrected chi connectivity index (χ1v) is 6.02. The number of hydrogen-bond donors (Lipinski definition) is 2. The van der Waals surface area contributed by atoms with E-state index < -0.39 is 5.91 Å².